The third-order valence-electron chi connectivity index (χ3n) is 5.97. The molecule has 3 heterocycles. The molecular weight excluding hydrogens is 456 g/mol. The zero-order chi connectivity index (χ0) is 25.3. The minimum absolute atomic E-state index is 0.0811. The first kappa shape index (κ1) is 25.2. The number of nitrogens with zero attached hydrogens (tertiary/aromatic N) is 5. The van der Waals surface area contributed by atoms with Crippen molar-refractivity contribution in [3.8, 4) is 11.4 Å². The number of benzene rings is 1. The van der Waals surface area contributed by atoms with Crippen molar-refractivity contribution in [2.75, 3.05) is 44.6 Å². The van der Waals surface area contributed by atoms with Crippen LogP contribution in [0.15, 0.2) is 60.8 Å². The van der Waals surface area contributed by atoms with Gasteiger partial charge in [0.1, 0.15) is 5.82 Å². The number of primary amides is 1. The normalized spacial score (nSPS) is 16.4. The van der Waals surface area contributed by atoms with Crippen molar-refractivity contribution in [2.45, 2.75) is 19.5 Å². The van der Waals surface area contributed by atoms with E-state index in [1.54, 1.807) is 6.20 Å². The fourth-order valence-electron chi connectivity index (χ4n) is 4.28. The van der Waals surface area contributed by atoms with Crippen LogP contribution >= 0.6 is 0 Å². The Morgan fingerprint density at radius 2 is 1.86 bits per heavy atom. The molecule has 1 fully saturated rings. The fourth-order valence-corrected chi connectivity index (χ4v) is 4.28. The van der Waals surface area contributed by atoms with Crippen LogP contribution in [-0.2, 0) is 16.1 Å². The van der Waals surface area contributed by atoms with Crippen LogP contribution in [0.4, 0.5) is 5.82 Å². The second-order valence-corrected chi connectivity index (χ2v) is 8.79. The van der Waals surface area contributed by atoms with E-state index >= 15 is 0 Å². The molecule has 36 heavy (non-hydrogen) atoms. The Hall–Kier alpha value is -3.89. The number of carbonyl (C=O) groups excluding carboxylic acids is 2. The van der Waals surface area contributed by atoms with Gasteiger partial charge in [-0.05, 0) is 12.1 Å². The van der Waals surface area contributed by atoms with E-state index in [1.807, 2.05) is 54.6 Å². The summed E-state index contributed by atoms with van der Waals surface area (Å²) in [5.74, 6) is 0.799. The number of hydrogen-bond acceptors (Lipinski definition) is 8. The molecule has 2 aromatic heterocycles. The van der Waals surface area contributed by atoms with E-state index in [9.17, 15) is 9.59 Å². The van der Waals surface area contributed by atoms with Crippen LogP contribution in [-0.4, -0.2) is 75.8 Å². The van der Waals surface area contributed by atoms with Crippen molar-refractivity contribution >= 4 is 17.6 Å². The van der Waals surface area contributed by atoms with E-state index in [0.717, 1.165) is 23.5 Å². The second kappa shape index (κ2) is 12.2. The molecule has 1 aliphatic heterocycles. The van der Waals surface area contributed by atoms with E-state index < -0.39 is 0 Å². The highest BCUT2D eigenvalue weighted by Crippen LogP contribution is 2.28. The van der Waals surface area contributed by atoms with Gasteiger partial charge < -0.3 is 16.4 Å². The maximum absolute atomic E-state index is 11.9. The predicted octanol–water partition coefficient (Wildman–Crippen LogP) is 1.43. The number of carbonyl (C=O) groups is 2. The van der Waals surface area contributed by atoms with Crippen LogP contribution in [0.3, 0.4) is 0 Å². The lowest BCUT2D eigenvalue weighted by Crippen LogP contribution is -2.50. The smallest absolute Gasteiger partial charge is 0.231 e. The summed E-state index contributed by atoms with van der Waals surface area (Å²) >= 11 is 0. The first-order chi connectivity index (χ1) is 17.5. The molecule has 1 aromatic carbocycles. The minimum atomic E-state index is -0.371. The summed E-state index contributed by atoms with van der Waals surface area (Å²) in [4.78, 5) is 41.6. The van der Waals surface area contributed by atoms with Gasteiger partial charge in [0.05, 0.1) is 24.0 Å². The molecule has 0 saturated carbocycles. The van der Waals surface area contributed by atoms with Crippen molar-refractivity contribution in [3.05, 3.63) is 72.2 Å². The first-order valence-corrected chi connectivity index (χ1v) is 12.1. The van der Waals surface area contributed by atoms with Crippen molar-refractivity contribution in [1.82, 2.24) is 30.1 Å². The van der Waals surface area contributed by atoms with E-state index in [1.165, 1.54) is 6.92 Å². The Bertz CT molecular complexity index is 1160. The number of nitrogens with two attached hydrogens (primary N) is 1. The predicted molar refractivity (Wildman–Crippen MR) is 138 cm³/mol. The number of aromatic nitrogens is 3. The van der Waals surface area contributed by atoms with Gasteiger partial charge in [-0.3, -0.25) is 24.4 Å². The van der Waals surface area contributed by atoms with Crippen LogP contribution in [0, 0.1) is 0 Å². The van der Waals surface area contributed by atoms with E-state index in [0.29, 0.717) is 44.4 Å². The Morgan fingerprint density at radius 1 is 1.06 bits per heavy atom. The maximum Gasteiger partial charge on any atom is 0.231 e. The van der Waals surface area contributed by atoms with E-state index in [2.05, 4.69) is 25.4 Å². The number of nitrogens with one attached hydrogen (secondary N) is 2. The van der Waals surface area contributed by atoms with Crippen molar-refractivity contribution in [1.29, 1.82) is 0 Å². The van der Waals surface area contributed by atoms with Gasteiger partial charge in [-0.2, -0.15) is 0 Å². The molecule has 10 nitrogen and oxygen atoms in total. The Labute approximate surface area is 210 Å². The Balaban J connectivity index is 1.63. The number of pyridine rings is 1. The summed E-state index contributed by atoms with van der Waals surface area (Å²) < 4.78 is 0. The van der Waals surface area contributed by atoms with Gasteiger partial charge in [0.25, 0.3) is 0 Å². The molecule has 3 aromatic rings. The zero-order valence-corrected chi connectivity index (χ0v) is 20.4. The third kappa shape index (κ3) is 7.06. The largest absolute Gasteiger partial charge is 0.369 e. The van der Waals surface area contributed by atoms with Crippen LogP contribution in [0.1, 0.15) is 24.4 Å². The van der Waals surface area contributed by atoms with E-state index in [-0.39, 0.29) is 24.4 Å². The van der Waals surface area contributed by atoms with Gasteiger partial charge in [-0.25, -0.2) is 9.97 Å². The van der Waals surface area contributed by atoms with Crippen LogP contribution in [0.25, 0.3) is 11.4 Å². The molecule has 2 amide bonds. The average molecular weight is 489 g/mol. The van der Waals surface area contributed by atoms with E-state index in [4.69, 9.17) is 15.7 Å². The molecule has 1 saturated heterocycles. The summed E-state index contributed by atoms with van der Waals surface area (Å²) in [5, 5.41) is 6.08. The average Bonchev–Trinajstić information content (AvgIpc) is 2.88. The van der Waals surface area contributed by atoms with Crippen molar-refractivity contribution in [2.24, 2.45) is 5.73 Å². The monoisotopic (exact) mass is 488 g/mol. The molecular formula is C26H32N8O2. The first-order valence-electron chi connectivity index (χ1n) is 12.1. The minimum Gasteiger partial charge on any atom is -0.369 e. The topological polar surface area (TPSA) is 129 Å². The summed E-state index contributed by atoms with van der Waals surface area (Å²) in [7, 11) is 0. The standard InChI is InChI=1S/C26H32N8O2/c1-19(35)28-11-12-30-25-15-22(31-26(32-25)20-7-3-2-4-8-20)23-17-33(13-14-34(23)18-24(27)36)16-21-9-5-6-10-29-21/h2-10,15,23H,11-14,16-18H2,1H3,(H2,27,36)(H,28,35)(H,30,31,32). The molecule has 0 spiro atoms. The quantitative estimate of drug-likeness (QED) is 0.366. The van der Waals surface area contributed by atoms with Crippen LogP contribution < -0.4 is 16.4 Å². The highest BCUT2D eigenvalue weighted by atomic mass is 16.1. The van der Waals surface area contributed by atoms with Gasteiger partial charge in [-0.1, -0.05) is 36.4 Å². The molecule has 0 radical (unpaired) electrons. The maximum atomic E-state index is 11.9. The summed E-state index contributed by atoms with van der Waals surface area (Å²) in [6.07, 6.45) is 1.80. The van der Waals surface area contributed by atoms with Gasteiger partial charge in [0, 0.05) is 64.0 Å². The van der Waals surface area contributed by atoms with Gasteiger partial charge in [0.15, 0.2) is 5.82 Å². The third-order valence-corrected chi connectivity index (χ3v) is 5.97. The molecule has 1 aliphatic rings. The summed E-state index contributed by atoms with van der Waals surface area (Å²) in [6, 6.07) is 17.5. The Morgan fingerprint density at radius 3 is 2.58 bits per heavy atom. The van der Waals surface area contributed by atoms with Crippen molar-refractivity contribution in [3.63, 3.8) is 0 Å². The zero-order valence-electron chi connectivity index (χ0n) is 20.4. The number of piperazine rings is 1. The number of amides is 2. The van der Waals surface area contributed by atoms with Crippen LogP contribution in [0.5, 0.6) is 0 Å². The molecule has 10 heteroatoms. The fraction of sp³-hybridized carbons (Fsp3) is 0.346. The molecule has 4 rings (SSSR count). The lowest BCUT2D eigenvalue weighted by atomic mass is 10.1. The number of rotatable bonds is 10. The highest BCUT2D eigenvalue weighted by molar-refractivity contribution is 5.76. The lowest BCUT2D eigenvalue weighted by molar-refractivity contribution is -0.120. The van der Waals surface area contributed by atoms with Gasteiger partial charge in [-0.15, -0.1) is 0 Å². The second-order valence-electron chi connectivity index (χ2n) is 8.79. The Kier molecular flexibility index (Phi) is 8.53. The number of anilines is 1. The summed E-state index contributed by atoms with van der Waals surface area (Å²) in [6.45, 7) is 5.48. The van der Waals surface area contributed by atoms with Gasteiger partial charge in [0.2, 0.25) is 11.8 Å². The van der Waals surface area contributed by atoms with Crippen molar-refractivity contribution < 1.29 is 9.59 Å². The molecule has 4 N–H and O–H groups in total. The SMILES string of the molecule is CC(=O)NCCNc1cc(C2CN(Cc3ccccn3)CCN2CC(N)=O)nc(-c2ccccc2)n1. The molecule has 1 unspecified atom stereocenters. The molecule has 1 atom stereocenters. The lowest BCUT2D eigenvalue weighted by Gasteiger charge is -2.40. The molecule has 0 bridgehead atoms. The molecule has 188 valence electrons. The van der Waals surface area contributed by atoms with Crippen LogP contribution in [0.2, 0.25) is 0 Å². The highest BCUT2D eigenvalue weighted by Gasteiger charge is 2.31. The molecule has 0 aliphatic carbocycles. The number of hydrogen-bond donors (Lipinski definition) is 3. The van der Waals surface area contributed by atoms with Gasteiger partial charge >= 0.3 is 0 Å². The summed E-state index contributed by atoms with van der Waals surface area (Å²) in [5.41, 5.74) is 8.29.